The first-order valence-corrected chi connectivity index (χ1v) is 8.78. The summed E-state index contributed by atoms with van der Waals surface area (Å²) in [4.78, 5) is 16.5. The van der Waals surface area contributed by atoms with Crippen molar-refractivity contribution >= 4 is 17.7 Å². The summed E-state index contributed by atoms with van der Waals surface area (Å²) in [6.45, 7) is 6.26. The maximum Gasteiger partial charge on any atom is 0.248 e. The number of anilines is 1. The third kappa shape index (κ3) is 4.23. The molecule has 0 spiro atoms. The summed E-state index contributed by atoms with van der Waals surface area (Å²) in [5, 5.41) is 7.39. The van der Waals surface area contributed by atoms with E-state index in [0.717, 1.165) is 22.6 Å². The molecule has 2 heterocycles. The van der Waals surface area contributed by atoms with Gasteiger partial charge in [0.25, 0.3) is 0 Å². The third-order valence-corrected chi connectivity index (χ3v) is 4.06. The molecule has 0 aliphatic rings. The number of rotatable bonds is 6. The summed E-state index contributed by atoms with van der Waals surface area (Å²) >= 11 is 0. The molecule has 27 heavy (non-hydrogen) atoms. The molecule has 0 bridgehead atoms. The number of pyridine rings is 1. The molecule has 6 heteroatoms. The fraction of sp³-hybridized carbons (Fsp3) is 0.190. The summed E-state index contributed by atoms with van der Waals surface area (Å²) in [6, 6.07) is 13.4. The molecule has 138 valence electrons. The van der Waals surface area contributed by atoms with Crippen LogP contribution in [0.5, 0.6) is 5.88 Å². The predicted molar refractivity (Wildman–Crippen MR) is 106 cm³/mol. The van der Waals surface area contributed by atoms with Gasteiger partial charge in [0, 0.05) is 23.5 Å². The Labute approximate surface area is 158 Å². The lowest BCUT2D eigenvalue weighted by Crippen LogP contribution is -2.10. The van der Waals surface area contributed by atoms with Crippen LogP contribution in [0.1, 0.15) is 23.9 Å². The normalized spacial score (nSPS) is 10.9. The Kier molecular flexibility index (Phi) is 5.66. The first-order chi connectivity index (χ1) is 13.1. The molecule has 0 saturated carbocycles. The number of hydrogen-bond acceptors (Lipinski definition) is 4. The number of aromatic nitrogens is 3. The minimum absolute atomic E-state index is 0.254. The van der Waals surface area contributed by atoms with Gasteiger partial charge in [0.1, 0.15) is 5.69 Å². The third-order valence-electron chi connectivity index (χ3n) is 4.06. The molecule has 3 aromatic rings. The van der Waals surface area contributed by atoms with E-state index in [1.54, 1.807) is 24.4 Å². The largest absolute Gasteiger partial charge is 0.476 e. The molecule has 6 nitrogen and oxygen atoms in total. The Morgan fingerprint density at radius 1 is 1.19 bits per heavy atom. The maximum absolute atomic E-state index is 12.3. The van der Waals surface area contributed by atoms with Crippen molar-refractivity contribution in [1.82, 2.24) is 14.8 Å². The van der Waals surface area contributed by atoms with Crippen molar-refractivity contribution in [3.8, 4) is 11.6 Å². The van der Waals surface area contributed by atoms with Crippen LogP contribution in [0.3, 0.4) is 0 Å². The second-order valence-electron chi connectivity index (χ2n) is 5.94. The zero-order valence-corrected chi connectivity index (χ0v) is 15.6. The number of amides is 1. The fourth-order valence-electron chi connectivity index (χ4n) is 2.79. The number of para-hydroxylation sites is 1. The minimum Gasteiger partial charge on any atom is -0.476 e. The highest BCUT2D eigenvalue weighted by Gasteiger charge is 2.11. The fourth-order valence-corrected chi connectivity index (χ4v) is 2.79. The van der Waals surface area contributed by atoms with Crippen LogP contribution in [0.25, 0.3) is 11.8 Å². The van der Waals surface area contributed by atoms with Gasteiger partial charge >= 0.3 is 0 Å². The van der Waals surface area contributed by atoms with Gasteiger partial charge in [0.05, 0.1) is 18.0 Å². The lowest BCUT2D eigenvalue weighted by atomic mass is 10.2. The molecule has 1 amide bonds. The Hall–Kier alpha value is -3.41. The number of aryl methyl sites for hydroxylation is 1. The van der Waals surface area contributed by atoms with Crippen LogP contribution in [0.4, 0.5) is 5.69 Å². The van der Waals surface area contributed by atoms with Gasteiger partial charge in [-0.25, -0.2) is 9.67 Å². The van der Waals surface area contributed by atoms with E-state index >= 15 is 0 Å². The standard InChI is InChI=1S/C21H22N4O2/c1-4-27-21-19(11-8-14-22-21)23-20(26)13-12-18-15(2)24-25(16(18)3)17-9-6-5-7-10-17/h5-14H,4H2,1-3H3,(H,23,26)/b13-12+. The number of nitrogens with zero attached hydrogens (tertiary/aromatic N) is 3. The van der Waals surface area contributed by atoms with Crippen molar-refractivity contribution in [2.45, 2.75) is 20.8 Å². The molecule has 0 aliphatic heterocycles. The molecule has 0 unspecified atom stereocenters. The van der Waals surface area contributed by atoms with Crippen LogP contribution in [0.15, 0.2) is 54.7 Å². The average molecular weight is 362 g/mol. The van der Waals surface area contributed by atoms with Gasteiger partial charge in [-0.3, -0.25) is 4.79 Å². The summed E-state index contributed by atoms with van der Waals surface area (Å²) in [5.41, 5.74) is 4.28. The zero-order valence-electron chi connectivity index (χ0n) is 15.6. The Morgan fingerprint density at radius 2 is 1.96 bits per heavy atom. The van der Waals surface area contributed by atoms with E-state index in [0.29, 0.717) is 18.2 Å². The number of carbonyl (C=O) groups excluding carboxylic acids is 1. The van der Waals surface area contributed by atoms with Crippen LogP contribution in [0, 0.1) is 13.8 Å². The average Bonchev–Trinajstić information content (AvgIpc) is 2.96. The van der Waals surface area contributed by atoms with E-state index < -0.39 is 0 Å². The minimum atomic E-state index is -0.254. The Bertz CT molecular complexity index is 962. The number of ether oxygens (including phenoxy) is 1. The number of benzene rings is 1. The quantitative estimate of drug-likeness (QED) is 0.675. The highest BCUT2D eigenvalue weighted by Crippen LogP contribution is 2.21. The van der Waals surface area contributed by atoms with Crippen LogP contribution in [-0.4, -0.2) is 27.3 Å². The van der Waals surface area contributed by atoms with E-state index in [9.17, 15) is 4.79 Å². The molecule has 1 aromatic carbocycles. The van der Waals surface area contributed by atoms with Gasteiger partial charge in [-0.2, -0.15) is 5.10 Å². The Morgan fingerprint density at radius 3 is 2.70 bits per heavy atom. The molecule has 0 aliphatic carbocycles. The summed E-state index contributed by atoms with van der Waals surface area (Å²) < 4.78 is 7.30. The van der Waals surface area contributed by atoms with Crippen molar-refractivity contribution in [1.29, 1.82) is 0 Å². The first kappa shape index (κ1) is 18.4. The van der Waals surface area contributed by atoms with Gasteiger partial charge in [0.2, 0.25) is 11.8 Å². The van der Waals surface area contributed by atoms with E-state index in [4.69, 9.17) is 4.74 Å². The van der Waals surface area contributed by atoms with Crippen LogP contribution >= 0.6 is 0 Å². The highest BCUT2D eigenvalue weighted by molar-refractivity contribution is 6.02. The van der Waals surface area contributed by atoms with Crippen LogP contribution in [-0.2, 0) is 4.79 Å². The smallest absolute Gasteiger partial charge is 0.248 e. The number of nitrogens with one attached hydrogen (secondary N) is 1. The van der Waals surface area contributed by atoms with E-state index in [1.807, 2.05) is 55.8 Å². The lowest BCUT2D eigenvalue weighted by Gasteiger charge is -2.08. The molecular formula is C21H22N4O2. The Balaban J connectivity index is 1.79. The van der Waals surface area contributed by atoms with Gasteiger partial charge < -0.3 is 10.1 Å². The zero-order chi connectivity index (χ0) is 19.2. The van der Waals surface area contributed by atoms with E-state index in [2.05, 4.69) is 15.4 Å². The molecular weight excluding hydrogens is 340 g/mol. The SMILES string of the molecule is CCOc1ncccc1NC(=O)/C=C/c1c(C)nn(-c2ccccc2)c1C. The summed E-state index contributed by atoms with van der Waals surface area (Å²) in [6.07, 6.45) is 4.90. The van der Waals surface area contributed by atoms with Crippen LogP contribution < -0.4 is 10.1 Å². The van der Waals surface area contributed by atoms with Crippen molar-refractivity contribution in [3.63, 3.8) is 0 Å². The lowest BCUT2D eigenvalue weighted by molar-refractivity contribution is -0.111. The van der Waals surface area contributed by atoms with Crippen molar-refractivity contribution in [2.75, 3.05) is 11.9 Å². The molecule has 0 radical (unpaired) electrons. The summed E-state index contributed by atoms with van der Waals surface area (Å²) in [5.74, 6) is 0.154. The van der Waals surface area contributed by atoms with Gasteiger partial charge in [-0.05, 0) is 51.1 Å². The van der Waals surface area contributed by atoms with E-state index in [-0.39, 0.29) is 5.91 Å². The maximum atomic E-state index is 12.3. The van der Waals surface area contributed by atoms with Gasteiger partial charge in [0.15, 0.2) is 0 Å². The summed E-state index contributed by atoms with van der Waals surface area (Å²) in [7, 11) is 0. The van der Waals surface area contributed by atoms with Crippen molar-refractivity contribution < 1.29 is 9.53 Å². The highest BCUT2D eigenvalue weighted by atomic mass is 16.5. The molecule has 0 atom stereocenters. The molecule has 1 N–H and O–H groups in total. The van der Waals surface area contributed by atoms with Gasteiger partial charge in [-0.15, -0.1) is 0 Å². The second-order valence-corrected chi connectivity index (χ2v) is 5.94. The first-order valence-electron chi connectivity index (χ1n) is 8.78. The molecule has 0 saturated heterocycles. The predicted octanol–water partition coefficient (Wildman–Crippen LogP) is 3.93. The second kappa shape index (κ2) is 8.31. The monoisotopic (exact) mass is 362 g/mol. The van der Waals surface area contributed by atoms with Crippen LogP contribution in [0.2, 0.25) is 0 Å². The van der Waals surface area contributed by atoms with Crippen molar-refractivity contribution in [3.05, 3.63) is 71.7 Å². The molecule has 0 fully saturated rings. The van der Waals surface area contributed by atoms with Gasteiger partial charge in [-0.1, -0.05) is 18.2 Å². The number of hydrogen-bond donors (Lipinski definition) is 1. The van der Waals surface area contributed by atoms with E-state index in [1.165, 1.54) is 6.08 Å². The number of carbonyl (C=O) groups is 1. The molecule has 3 rings (SSSR count). The van der Waals surface area contributed by atoms with Crippen molar-refractivity contribution in [2.24, 2.45) is 0 Å². The molecule has 2 aromatic heterocycles. The topological polar surface area (TPSA) is 69.0 Å².